The molecular weight excluding hydrogens is 341 g/mol. The zero-order valence-corrected chi connectivity index (χ0v) is 14.1. The molecule has 0 radical (unpaired) electrons. The maximum atomic E-state index is 12.3. The maximum absolute atomic E-state index is 12.3. The van der Waals surface area contributed by atoms with Crippen LogP contribution >= 0.6 is 0 Å². The summed E-state index contributed by atoms with van der Waals surface area (Å²) in [7, 11) is 1.19. The van der Waals surface area contributed by atoms with Crippen LogP contribution in [0.4, 0.5) is 23.7 Å². The molecule has 9 heteroatoms. The Balaban J connectivity index is 2.68. The second kappa shape index (κ2) is 9.14. The molecule has 0 spiro atoms. The van der Waals surface area contributed by atoms with E-state index < -0.39 is 30.8 Å². The fourth-order valence-electron chi connectivity index (χ4n) is 1.93. The summed E-state index contributed by atoms with van der Waals surface area (Å²) in [5, 5.41) is 5.03. The molecule has 0 aromatic heterocycles. The lowest BCUT2D eigenvalue weighted by Gasteiger charge is -2.19. The fourth-order valence-corrected chi connectivity index (χ4v) is 1.93. The Morgan fingerprint density at radius 2 is 1.76 bits per heavy atom. The van der Waals surface area contributed by atoms with E-state index in [-0.39, 0.29) is 11.7 Å². The molecule has 2 N–H and O–H groups in total. The Hall–Kier alpha value is -2.45. The Kier molecular flexibility index (Phi) is 7.53. The topological polar surface area (TPSA) is 76.7 Å². The van der Waals surface area contributed by atoms with Crippen LogP contribution in [0.1, 0.15) is 20.3 Å². The first kappa shape index (κ1) is 20.6. The van der Waals surface area contributed by atoms with E-state index in [2.05, 4.69) is 20.1 Å². The summed E-state index contributed by atoms with van der Waals surface area (Å²) >= 11 is 0. The lowest BCUT2D eigenvalue weighted by molar-refractivity contribution is -0.153. The molecule has 1 aromatic rings. The normalized spacial score (nSPS) is 12.4. The number of carbonyl (C=O) groups excluding carboxylic acids is 2. The van der Waals surface area contributed by atoms with E-state index in [0.29, 0.717) is 12.1 Å². The number of ether oxygens (including phenoxy) is 2. The van der Waals surface area contributed by atoms with Gasteiger partial charge in [-0.15, -0.1) is 0 Å². The summed E-state index contributed by atoms with van der Waals surface area (Å²) in [5.74, 6) is -0.282. The number of rotatable bonds is 7. The highest BCUT2D eigenvalue weighted by molar-refractivity contribution is 5.96. The third kappa shape index (κ3) is 8.27. The molecule has 0 aliphatic heterocycles. The number of halogens is 3. The van der Waals surface area contributed by atoms with Gasteiger partial charge < -0.3 is 20.1 Å². The van der Waals surface area contributed by atoms with Crippen LogP contribution in [0.3, 0.4) is 0 Å². The quantitative estimate of drug-likeness (QED) is 0.780. The van der Waals surface area contributed by atoms with E-state index in [0.717, 1.165) is 0 Å². The largest absolute Gasteiger partial charge is 0.484 e. The molecule has 0 bridgehead atoms. The standard InChI is InChI=1S/C16H21F3N2O4/c1-10(2)8-13(21-15(23)24-3)14(22)20-11-4-6-12(7-5-11)25-9-16(17,18)19/h4-7,10,13H,8-9H2,1-3H3,(H,20,22)(H,21,23). The summed E-state index contributed by atoms with van der Waals surface area (Å²) in [6, 6.07) is 4.65. The monoisotopic (exact) mass is 362 g/mol. The van der Waals surface area contributed by atoms with Gasteiger partial charge in [0.25, 0.3) is 0 Å². The Labute approximate surface area is 143 Å². The lowest BCUT2D eigenvalue weighted by Crippen LogP contribution is -2.44. The molecule has 1 atom stereocenters. The SMILES string of the molecule is COC(=O)NC(CC(C)C)C(=O)Nc1ccc(OCC(F)(F)F)cc1. The molecule has 2 amide bonds. The van der Waals surface area contributed by atoms with Gasteiger partial charge in [0.2, 0.25) is 5.91 Å². The van der Waals surface area contributed by atoms with Gasteiger partial charge in [0.15, 0.2) is 6.61 Å². The van der Waals surface area contributed by atoms with E-state index in [1.54, 1.807) is 0 Å². The van der Waals surface area contributed by atoms with E-state index in [9.17, 15) is 22.8 Å². The molecule has 0 saturated carbocycles. The number of amides is 2. The highest BCUT2D eigenvalue weighted by atomic mass is 19.4. The summed E-state index contributed by atoms with van der Waals surface area (Å²) in [5.41, 5.74) is 0.366. The number of carbonyl (C=O) groups is 2. The average molecular weight is 362 g/mol. The van der Waals surface area contributed by atoms with E-state index in [4.69, 9.17) is 0 Å². The van der Waals surface area contributed by atoms with Crippen LogP contribution in [0.25, 0.3) is 0 Å². The third-order valence-corrected chi connectivity index (χ3v) is 3.03. The van der Waals surface area contributed by atoms with E-state index in [1.807, 2.05) is 13.8 Å². The van der Waals surface area contributed by atoms with Crippen molar-refractivity contribution >= 4 is 17.7 Å². The maximum Gasteiger partial charge on any atom is 0.422 e. The van der Waals surface area contributed by atoms with Crippen LogP contribution in [0.5, 0.6) is 5.75 Å². The molecule has 1 unspecified atom stereocenters. The van der Waals surface area contributed by atoms with Crippen molar-refractivity contribution in [3.05, 3.63) is 24.3 Å². The minimum absolute atomic E-state index is 0.0294. The number of anilines is 1. The number of benzene rings is 1. The molecule has 140 valence electrons. The van der Waals surface area contributed by atoms with Crippen molar-refractivity contribution in [2.45, 2.75) is 32.5 Å². The summed E-state index contributed by atoms with van der Waals surface area (Å²) in [6.07, 6.45) is -4.75. The van der Waals surface area contributed by atoms with Crippen LogP contribution in [-0.4, -0.2) is 37.9 Å². The summed E-state index contributed by atoms with van der Waals surface area (Å²) in [4.78, 5) is 23.6. The molecule has 0 saturated heterocycles. The van der Waals surface area contributed by atoms with E-state index >= 15 is 0 Å². The summed E-state index contributed by atoms with van der Waals surface area (Å²) < 4.78 is 45.4. The van der Waals surface area contributed by atoms with Crippen molar-refractivity contribution < 1.29 is 32.2 Å². The number of alkyl halides is 3. The molecule has 25 heavy (non-hydrogen) atoms. The smallest absolute Gasteiger partial charge is 0.422 e. The molecule has 1 aromatic carbocycles. The van der Waals surface area contributed by atoms with Crippen molar-refractivity contribution in [3.8, 4) is 5.75 Å². The molecule has 0 fully saturated rings. The first-order valence-electron chi connectivity index (χ1n) is 7.55. The minimum atomic E-state index is -4.42. The van der Waals surface area contributed by atoms with Crippen LogP contribution in [0, 0.1) is 5.92 Å². The van der Waals surface area contributed by atoms with Gasteiger partial charge in [-0.05, 0) is 36.6 Å². The molecule has 6 nitrogen and oxygen atoms in total. The molecule has 1 rings (SSSR count). The van der Waals surface area contributed by atoms with Gasteiger partial charge in [0.05, 0.1) is 7.11 Å². The lowest BCUT2D eigenvalue weighted by atomic mass is 10.0. The van der Waals surface area contributed by atoms with E-state index in [1.165, 1.54) is 31.4 Å². The Morgan fingerprint density at radius 3 is 2.24 bits per heavy atom. The van der Waals surface area contributed by atoms with Gasteiger partial charge in [-0.2, -0.15) is 13.2 Å². The molecule has 0 heterocycles. The Morgan fingerprint density at radius 1 is 1.16 bits per heavy atom. The van der Waals surface area contributed by atoms with Crippen molar-refractivity contribution in [1.82, 2.24) is 5.32 Å². The first-order chi connectivity index (χ1) is 11.6. The average Bonchev–Trinajstić information content (AvgIpc) is 2.52. The summed E-state index contributed by atoms with van der Waals surface area (Å²) in [6.45, 7) is 2.40. The van der Waals surface area contributed by atoms with Crippen molar-refractivity contribution in [2.24, 2.45) is 5.92 Å². The Bertz CT molecular complexity index is 574. The predicted molar refractivity (Wildman–Crippen MR) is 85.4 cm³/mol. The van der Waals surface area contributed by atoms with Crippen molar-refractivity contribution in [2.75, 3.05) is 19.0 Å². The predicted octanol–water partition coefficient (Wildman–Crippen LogP) is 3.34. The molecule has 0 aliphatic carbocycles. The third-order valence-electron chi connectivity index (χ3n) is 3.03. The van der Waals surface area contributed by atoms with Crippen LogP contribution < -0.4 is 15.4 Å². The van der Waals surface area contributed by atoms with Crippen molar-refractivity contribution in [1.29, 1.82) is 0 Å². The van der Waals surface area contributed by atoms with Gasteiger partial charge in [-0.3, -0.25) is 4.79 Å². The zero-order valence-electron chi connectivity index (χ0n) is 14.1. The number of hydrogen-bond donors (Lipinski definition) is 2. The second-order valence-corrected chi connectivity index (χ2v) is 5.74. The number of methoxy groups -OCH3 is 1. The highest BCUT2D eigenvalue weighted by Crippen LogP contribution is 2.20. The van der Waals surface area contributed by atoms with Gasteiger partial charge in [-0.25, -0.2) is 4.79 Å². The minimum Gasteiger partial charge on any atom is -0.484 e. The van der Waals surface area contributed by atoms with Gasteiger partial charge in [0, 0.05) is 5.69 Å². The zero-order chi connectivity index (χ0) is 19.0. The molecule has 0 aliphatic rings. The van der Waals surface area contributed by atoms with Gasteiger partial charge in [0.1, 0.15) is 11.8 Å². The van der Waals surface area contributed by atoms with Crippen LogP contribution in [-0.2, 0) is 9.53 Å². The highest BCUT2D eigenvalue weighted by Gasteiger charge is 2.28. The van der Waals surface area contributed by atoms with Gasteiger partial charge >= 0.3 is 12.3 Å². The number of alkyl carbamates (subject to hydrolysis) is 1. The molecular formula is C16H21F3N2O4. The number of hydrogen-bond acceptors (Lipinski definition) is 4. The van der Waals surface area contributed by atoms with Crippen LogP contribution in [0.2, 0.25) is 0 Å². The fraction of sp³-hybridized carbons (Fsp3) is 0.500. The van der Waals surface area contributed by atoms with Crippen molar-refractivity contribution in [3.63, 3.8) is 0 Å². The first-order valence-corrected chi connectivity index (χ1v) is 7.55. The second-order valence-electron chi connectivity index (χ2n) is 5.74. The van der Waals surface area contributed by atoms with Crippen LogP contribution in [0.15, 0.2) is 24.3 Å². The van der Waals surface area contributed by atoms with Gasteiger partial charge in [-0.1, -0.05) is 13.8 Å². The number of nitrogens with one attached hydrogen (secondary N) is 2.